The second-order valence-corrected chi connectivity index (χ2v) is 5.36. The molecule has 1 aromatic carbocycles. The molecule has 3 nitrogen and oxygen atoms in total. The maximum atomic E-state index is 14.0. The molecule has 20 heavy (non-hydrogen) atoms. The summed E-state index contributed by atoms with van der Waals surface area (Å²) >= 11 is 0. The summed E-state index contributed by atoms with van der Waals surface area (Å²) < 4.78 is 29.4. The van der Waals surface area contributed by atoms with Crippen molar-refractivity contribution in [1.29, 1.82) is 0 Å². The van der Waals surface area contributed by atoms with E-state index in [-0.39, 0.29) is 12.0 Å². The number of nitrogens with two attached hydrogens (primary N) is 1. The Bertz CT molecular complexity index is 636. The third-order valence-electron chi connectivity index (χ3n) is 4.12. The molecular weight excluding hydrogens is 260 g/mol. The first-order chi connectivity index (χ1) is 9.58. The Kier molecular flexibility index (Phi) is 3.30. The Balaban J connectivity index is 2.01. The first kappa shape index (κ1) is 13.2. The molecule has 0 radical (unpaired) electrons. The van der Waals surface area contributed by atoms with E-state index in [1.54, 1.807) is 18.3 Å². The highest BCUT2D eigenvalue weighted by atomic mass is 19.2. The van der Waals surface area contributed by atoms with Crippen LogP contribution < -0.4 is 5.73 Å². The first-order valence-corrected chi connectivity index (χ1v) is 6.79. The zero-order valence-corrected chi connectivity index (χ0v) is 11.3. The molecule has 106 valence electrons. The van der Waals surface area contributed by atoms with Crippen LogP contribution >= 0.6 is 0 Å². The van der Waals surface area contributed by atoms with Crippen molar-refractivity contribution in [3.63, 3.8) is 0 Å². The Morgan fingerprint density at radius 1 is 1.30 bits per heavy atom. The van der Waals surface area contributed by atoms with E-state index in [2.05, 4.69) is 4.98 Å². The van der Waals surface area contributed by atoms with Gasteiger partial charge in [-0.05, 0) is 31.4 Å². The smallest absolute Gasteiger partial charge is 0.162 e. The van der Waals surface area contributed by atoms with Crippen LogP contribution in [0.25, 0.3) is 0 Å². The summed E-state index contributed by atoms with van der Waals surface area (Å²) in [6.45, 7) is 2.50. The summed E-state index contributed by atoms with van der Waals surface area (Å²) in [4.78, 5) is 4.27. The minimum absolute atomic E-state index is 0.0779. The maximum absolute atomic E-state index is 14.0. The zero-order valence-electron chi connectivity index (χ0n) is 11.3. The fourth-order valence-electron chi connectivity index (χ4n) is 2.95. The first-order valence-electron chi connectivity index (χ1n) is 6.79. The average molecular weight is 277 g/mol. The highest BCUT2D eigenvalue weighted by molar-refractivity contribution is 5.24. The zero-order chi connectivity index (χ0) is 14.3. The fraction of sp³-hybridized carbons (Fsp3) is 0.400. The van der Waals surface area contributed by atoms with Gasteiger partial charge in [-0.3, -0.25) is 0 Å². The highest BCUT2D eigenvalue weighted by Gasteiger charge is 2.26. The van der Waals surface area contributed by atoms with Gasteiger partial charge in [-0.15, -0.1) is 0 Å². The van der Waals surface area contributed by atoms with Crippen LogP contribution in [0.1, 0.15) is 41.9 Å². The Morgan fingerprint density at radius 3 is 2.90 bits per heavy atom. The largest absolute Gasteiger partial charge is 0.330 e. The Labute approximate surface area is 116 Å². The standard InChI is InChI=1S/C15H17F2N3/c1-9-19-7-14-13(18)6-5-10(8-20(9)14)11-3-2-4-12(16)15(11)17/h2-4,7,10,13H,5-6,8,18H2,1H3/t10-,13-/m1/s1. The van der Waals surface area contributed by atoms with Gasteiger partial charge in [-0.2, -0.15) is 0 Å². The molecule has 2 N–H and O–H groups in total. The van der Waals surface area contributed by atoms with E-state index in [1.165, 1.54) is 0 Å². The molecule has 2 atom stereocenters. The van der Waals surface area contributed by atoms with E-state index in [1.807, 2.05) is 11.5 Å². The molecule has 2 heterocycles. The maximum Gasteiger partial charge on any atom is 0.162 e. The summed E-state index contributed by atoms with van der Waals surface area (Å²) in [5, 5.41) is 0. The van der Waals surface area contributed by atoms with Crippen molar-refractivity contribution in [2.24, 2.45) is 5.73 Å². The van der Waals surface area contributed by atoms with Crippen molar-refractivity contribution >= 4 is 0 Å². The monoisotopic (exact) mass is 277 g/mol. The molecule has 1 aliphatic rings. The number of hydrogen-bond acceptors (Lipinski definition) is 2. The van der Waals surface area contributed by atoms with Gasteiger partial charge in [0.05, 0.1) is 11.9 Å². The lowest BCUT2D eigenvalue weighted by atomic mass is 9.93. The van der Waals surface area contributed by atoms with E-state index in [9.17, 15) is 8.78 Å². The van der Waals surface area contributed by atoms with Gasteiger partial charge in [0.25, 0.3) is 0 Å². The van der Waals surface area contributed by atoms with Crippen LogP contribution in [0.5, 0.6) is 0 Å². The number of halogens is 2. The Morgan fingerprint density at radius 2 is 2.10 bits per heavy atom. The van der Waals surface area contributed by atoms with E-state index >= 15 is 0 Å². The SMILES string of the molecule is Cc1ncc2n1C[C@H](c1cccc(F)c1F)CC[C@H]2N. The van der Waals surface area contributed by atoms with Crippen molar-refractivity contribution < 1.29 is 8.78 Å². The van der Waals surface area contributed by atoms with E-state index < -0.39 is 11.6 Å². The van der Waals surface area contributed by atoms with Crippen LogP contribution in [0.4, 0.5) is 8.78 Å². The lowest BCUT2D eigenvalue weighted by Crippen LogP contribution is -2.14. The third kappa shape index (κ3) is 2.12. The van der Waals surface area contributed by atoms with E-state index in [0.29, 0.717) is 12.1 Å². The van der Waals surface area contributed by atoms with Crippen molar-refractivity contribution in [3.8, 4) is 0 Å². The van der Waals surface area contributed by atoms with Gasteiger partial charge in [-0.1, -0.05) is 12.1 Å². The topological polar surface area (TPSA) is 43.8 Å². The van der Waals surface area contributed by atoms with Crippen LogP contribution in [0.2, 0.25) is 0 Å². The molecule has 0 fully saturated rings. The molecule has 1 aliphatic heterocycles. The van der Waals surface area contributed by atoms with Crippen LogP contribution in [0, 0.1) is 18.6 Å². The summed E-state index contributed by atoms with van der Waals surface area (Å²) in [7, 11) is 0. The lowest BCUT2D eigenvalue weighted by molar-refractivity contribution is 0.460. The molecule has 0 bridgehead atoms. The van der Waals surface area contributed by atoms with Crippen LogP contribution in [0.3, 0.4) is 0 Å². The molecule has 3 rings (SSSR count). The number of aromatic nitrogens is 2. The quantitative estimate of drug-likeness (QED) is 0.870. The molecular formula is C15H17F2N3. The van der Waals surface area contributed by atoms with Gasteiger partial charge in [0.15, 0.2) is 11.6 Å². The molecule has 0 aliphatic carbocycles. The van der Waals surface area contributed by atoms with Crippen LogP contribution in [-0.4, -0.2) is 9.55 Å². The number of benzene rings is 1. The molecule has 0 spiro atoms. The number of rotatable bonds is 1. The minimum Gasteiger partial charge on any atom is -0.330 e. The Hall–Kier alpha value is -1.75. The number of nitrogens with zero attached hydrogens (tertiary/aromatic N) is 2. The number of imidazole rings is 1. The van der Waals surface area contributed by atoms with Gasteiger partial charge < -0.3 is 10.3 Å². The van der Waals surface area contributed by atoms with Gasteiger partial charge in [0, 0.05) is 18.5 Å². The van der Waals surface area contributed by atoms with E-state index in [4.69, 9.17) is 5.73 Å². The molecule has 0 saturated heterocycles. The summed E-state index contributed by atoms with van der Waals surface area (Å²) in [6, 6.07) is 4.26. The molecule has 0 saturated carbocycles. The molecule has 1 aromatic heterocycles. The minimum atomic E-state index is -0.793. The predicted octanol–water partition coefficient (Wildman–Crippen LogP) is 3.05. The summed E-state index contributed by atoms with van der Waals surface area (Å²) in [5.41, 5.74) is 7.54. The van der Waals surface area contributed by atoms with E-state index in [0.717, 1.165) is 30.4 Å². The summed E-state index contributed by atoms with van der Waals surface area (Å²) in [6.07, 6.45) is 3.26. The van der Waals surface area contributed by atoms with Crippen LogP contribution in [-0.2, 0) is 6.54 Å². The molecule has 0 amide bonds. The second-order valence-electron chi connectivity index (χ2n) is 5.36. The van der Waals surface area contributed by atoms with Gasteiger partial charge in [-0.25, -0.2) is 13.8 Å². The van der Waals surface area contributed by atoms with Gasteiger partial charge in [0.1, 0.15) is 5.82 Å². The van der Waals surface area contributed by atoms with Crippen molar-refractivity contribution in [1.82, 2.24) is 9.55 Å². The highest BCUT2D eigenvalue weighted by Crippen LogP contribution is 2.34. The number of fused-ring (bicyclic) bond motifs is 1. The number of aryl methyl sites for hydroxylation is 1. The average Bonchev–Trinajstić information content (AvgIpc) is 2.70. The molecule has 5 heteroatoms. The van der Waals surface area contributed by atoms with Crippen molar-refractivity contribution in [2.75, 3.05) is 0 Å². The van der Waals surface area contributed by atoms with Gasteiger partial charge >= 0.3 is 0 Å². The third-order valence-corrected chi connectivity index (χ3v) is 4.12. The lowest BCUT2D eigenvalue weighted by Gasteiger charge is -2.17. The van der Waals surface area contributed by atoms with Crippen LogP contribution in [0.15, 0.2) is 24.4 Å². The predicted molar refractivity (Wildman–Crippen MR) is 72.2 cm³/mol. The fourth-order valence-corrected chi connectivity index (χ4v) is 2.95. The molecule has 2 aromatic rings. The van der Waals surface area contributed by atoms with Gasteiger partial charge in [0.2, 0.25) is 0 Å². The normalized spacial score (nSPS) is 22.4. The van der Waals surface area contributed by atoms with Crippen molar-refractivity contribution in [2.45, 2.75) is 38.3 Å². The number of hydrogen-bond donors (Lipinski definition) is 1. The second kappa shape index (κ2) is 4.98. The van der Waals surface area contributed by atoms with Crippen molar-refractivity contribution in [3.05, 3.63) is 53.1 Å². The molecule has 0 unspecified atom stereocenters. The summed E-state index contributed by atoms with van der Waals surface area (Å²) in [5.74, 6) is -0.754.